The Kier molecular flexibility index (Phi) is 5.40. The van der Waals surface area contributed by atoms with Crippen molar-refractivity contribution in [1.29, 1.82) is 0 Å². The van der Waals surface area contributed by atoms with Gasteiger partial charge in [-0.1, -0.05) is 54.1 Å². The number of hydrogen-bond acceptors (Lipinski definition) is 4. The van der Waals surface area contributed by atoms with Crippen molar-refractivity contribution < 1.29 is 19.4 Å². The molecule has 0 spiro atoms. The number of benzene rings is 3. The Labute approximate surface area is 159 Å². The van der Waals surface area contributed by atoms with Gasteiger partial charge in [0.15, 0.2) is 5.78 Å². The van der Waals surface area contributed by atoms with Crippen LogP contribution in [0.2, 0.25) is 0 Å². The molecule has 0 aromatic heterocycles. The predicted octanol–water partition coefficient (Wildman–Crippen LogP) is 4.43. The van der Waals surface area contributed by atoms with E-state index in [1.165, 1.54) is 0 Å². The second-order valence-corrected chi connectivity index (χ2v) is 6.34. The second-order valence-electron chi connectivity index (χ2n) is 6.34. The Morgan fingerprint density at radius 3 is 1.59 bits per heavy atom. The first-order valence-corrected chi connectivity index (χ1v) is 8.62. The van der Waals surface area contributed by atoms with Crippen molar-refractivity contribution in [3.8, 4) is 5.75 Å². The van der Waals surface area contributed by atoms with Gasteiger partial charge in [-0.25, -0.2) is 0 Å². The number of rotatable bonds is 6. The van der Waals surface area contributed by atoms with Gasteiger partial charge in [-0.15, -0.1) is 0 Å². The molecule has 3 rings (SSSR count). The van der Waals surface area contributed by atoms with Crippen LogP contribution in [0.4, 0.5) is 0 Å². The van der Waals surface area contributed by atoms with Crippen LogP contribution >= 0.6 is 0 Å². The van der Waals surface area contributed by atoms with Crippen LogP contribution in [-0.2, 0) is 15.3 Å². The zero-order valence-electron chi connectivity index (χ0n) is 15.6. The van der Waals surface area contributed by atoms with E-state index in [0.29, 0.717) is 11.1 Å². The lowest BCUT2D eigenvalue weighted by atomic mass is 9.94. The van der Waals surface area contributed by atoms with Crippen LogP contribution in [0.3, 0.4) is 0 Å². The molecule has 27 heavy (non-hydrogen) atoms. The van der Waals surface area contributed by atoms with Gasteiger partial charge < -0.3 is 14.6 Å². The van der Waals surface area contributed by atoms with E-state index in [1.54, 1.807) is 50.6 Å². The fourth-order valence-electron chi connectivity index (χ4n) is 3.11. The van der Waals surface area contributed by atoms with Crippen LogP contribution in [0.1, 0.15) is 32.6 Å². The van der Waals surface area contributed by atoms with E-state index in [2.05, 4.69) is 0 Å². The maximum Gasteiger partial charge on any atom is 0.221 e. The average Bonchev–Trinajstić information content (AvgIpc) is 2.71. The van der Waals surface area contributed by atoms with Crippen LogP contribution in [-0.4, -0.2) is 25.1 Å². The fraction of sp³-hybridized carbons (Fsp3) is 0.174. The standard InChI is InChI=1S/C23H22O4/c1-16-4-6-17(7-5-16)22(25)18-8-10-19(11-9-18)23(26-2,27-3)20-12-14-21(24)15-13-20/h4-15,24H,1-3H3. The van der Waals surface area contributed by atoms with E-state index in [-0.39, 0.29) is 11.5 Å². The van der Waals surface area contributed by atoms with Crippen molar-refractivity contribution in [1.82, 2.24) is 0 Å². The maximum absolute atomic E-state index is 12.7. The molecule has 0 radical (unpaired) electrons. The largest absolute Gasteiger partial charge is 0.508 e. The number of phenols is 1. The highest BCUT2D eigenvalue weighted by molar-refractivity contribution is 6.09. The summed E-state index contributed by atoms with van der Waals surface area (Å²) in [6.07, 6.45) is 0. The highest BCUT2D eigenvalue weighted by Crippen LogP contribution is 2.35. The van der Waals surface area contributed by atoms with Crippen molar-refractivity contribution in [2.45, 2.75) is 12.7 Å². The van der Waals surface area contributed by atoms with Gasteiger partial charge >= 0.3 is 0 Å². The van der Waals surface area contributed by atoms with Gasteiger partial charge in [-0.05, 0) is 31.2 Å². The van der Waals surface area contributed by atoms with Crippen molar-refractivity contribution >= 4 is 5.78 Å². The van der Waals surface area contributed by atoms with Crippen LogP contribution in [0.15, 0.2) is 72.8 Å². The summed E-state index contributed by atoms with van der Waals surface area (Å²) in [5.41, 5.74) is 3.84. The summed E-state index contributed by atoms with van der Waals surface area (Å²) in [5.74, 6) is -0.996. The quantitative estimate of drug-likeness (QED) is 0.521. The van der Waals surface area contributed by atoms with Crippen LogP contribution in [0.5, 0.6) is 5.75 Å². The molecule has 0 bridgehead atoms. The molecule has 3 aromatic carbocycles. The molecule has 0 saturated carbocycles. The molecule has 0 unspecified atom stereocenters. The SMILES string of the molecule is COC(OC)(c1ccc(O)cc1)c1ccc(C(=O)c2ccc(C)cc2)cc1. The summed E-state index contributed by atoms with van der Waals surface area (Å²) in [6, 6.07) is 21.3. The molecule has 3 aromatic rings. The lowest BCUT2D eigenvalue weighted by Crippen LogP contribution is -2.32. The molecule has 0 atom stereocenters. The van der Waals surface area contributed by atoms with Gasteiger partial charge in [-0.2, -0.15) is 0 Å². The number of methoxy groups -OCH3 is 2. The Bertz CT molecular complexity index is 906. The predicted molar refractivity (Wildman–Crippen MR) is 104 cm³/mol. The van der Waals surface area contributed by atoms with E-state index < -0.39 is 5.79 Å². The number of phenolic OH excluding ortho intramolecular Hbond substituents is 1. The van der Waals surface area contributed by atoms with Crippen LogP contribution in [0, 0.1) is 6.92 Å². The van der Waals surface area contributed by atoms with E-state index in [0.717, 1.165) is 16.7 Å². The summed E-state index contributed by atoms with van der Waals surface area (Å²) in [7, 11) is 3.11. The minimum absolute atomic E-state index is 0.0355. The Morgan fingerprint density at radius 2 is 1.15 bits per heavy atom. The number of aryl methyl sites for hydroxylation is 1. The normalized spacial score (nSPS) is 11.4. The first-order valence-electron chi connectivity index (χ1n) is 8.62. The molecule has 0 aliphatic carbocycles. The third kappa shape index (κ3) is 3.63. The molecule has 0 amide bonds. The number of carbonyl (C=O) groups is 1. The molecule has 0 aliphatic rings. The summed E-state index contributed by atoms with van der Waals surface area (Å²) in [6.45, 7) is 1.99. The first-order chi connectivity index (χ1) is 13.0. The number of ether oxygens (including phenoxy) is 2. The summed E-state index contributed by atoms with van der Waals surface area (Å²) in [5, 5.41) is 9.54. The monoisotopic (exact) mass is 362 g/mol. The van der Waals surface area contributed by atoms with Gasteiger partial charge in [0.25, 0.3) is 0 Å². The highest BCUT2D eigenvalue weighted by Gasteiger charge is 2.34. The number of aromatic hydroxyl groups is 1. The third-order valence-electron chi connectivity index (χ3n) is 4.66. The van der Waals surface area contributed by atoms with Gasteiger partial charge in [0.1, 0.15) is 5.75 Å². The van der Waals surface area contributed by atoms with Crippen molar-refractivity contribution in [2.75, 3.05) is 14.2 Å². The van der Waals surface area contributed by atoms with Crippen LogP contribution < -0.4 is 0 Å². The molecular weight excluding hydrogens is 340 g/mol. The lowest BCUT2D eigenvalue weighted by Gasteiger charge is -2.32. The number of hydrogen-bond donors (Lipinski definition) is 1. The molecule has 4 heteroatoms. The fourth-order valence-corrected chi connectivity index (χ4v) is 3.11. The smallest absolute Gasteiger partial charge is 0.221 e. The van der Waals surface area contributed by atoms with E-state index in [1.807, 2.05) is 43.3 Å². The van der Waals surface area contributed by atoms with Gasteiger partial charge in [0.2, 0.25) is 5.79 Å². The summed E-state index contributed by atoms with van der Waals surface area (Å²) >= 11 is 0. The Hall–Kier alpha value is -2.95. The highest BCUT2D eigenvalue weighted by atomic mass is 16.7. The topological polar surface area (TPSA) is 55.8 Å². The Balaban J connectivity index is 1.95. The molecular formula is C23H22O4. The van der Waals surface area contributed by atoms with E-state index in [9.17, 15) is 9.90 Å². The molecule has 1 N–H and O–H groups in total. The maximum atomic E-state index is 12.7. The zero-order valence-corrected chi connectivity index (χ0v) is 15.6. The molecule has 0 aliphatic heterocycles. The molecule has 138 valence electrons. The Morgan fingerprint density at radius 1 is 0.741 bits per heavy atom. The molecule has 4 nitrogen and oxygen atoms in total. The molecule has 0 fully saturated rings. The van der Waals surface area contributed by atoms with Gasteiger partial charge in [0, 0.05) is 36.5 Å². The molecule has 0 saturated heterocycles. The minimum Gasteiger partial charge on any atom is -0.508 e. The summed E-state index contributed by atoms with van der Waals surface area (Å²) < 4.78 is 11.4. The zero-order chi connectivity index (χ0) is 19.4. The van der Waals surface area contributed by atoms with Gasteiger partial charge in [-0.3, -0.25) is 4.79 Å². The minimum atomic E-state index is -1.13. The van der Waals surface area contributed by atoms with Crippen molar-refractivity contribution in [3.05, 3.63) is 101 Å². The van der Waals surface area contributed by atoms with Crippen molar-refractivity contribution in [3.63, 3.8) is 0 Å². The number of ketones is 1. The van der Waals surface area contributed by atoms with Crippen LogP contribution in [0.25, 0.3) is 0 Å². The second kappa shape index (κ2) is 7.74. The lowest BCUT2D eigenvalue weighted by molar-refractivity contribution is -0.183. The third-order valence-corrected chi connectivity index (χ3v) is 4.66. The van der Waals surface area contributed by atoms with Gasteiger partial charge in [0.05, 0.1) is 0 Å². The molecule has 0 heterocycles. The van der Waals surface area contributed by atoms with E-state index >= 15 is 0 Å². The average molecular weight is 362 g/mol. The van der Waals surface area contributed by atoms with E-state index in [4.69, 9.17) is 9.47 Å². The number of carbonyl (C=O) groups excluding carboxylic acids is 1. The first kappa shape index (κ1) is 18.8. The van der Waals surface area contributed by atoms with Crippen molar-refractivity contribution in [2.24, 2.45) is 0 Å². The summed E-state index contributed by atoms with van der Waals surface area (Å²) in [4.78, 5) is 12.7.